The maximum atomic E-state index is 12.4. The second kappa shape index (κ2) is 5.23. The molecule has 2 unspecified atom stereocenters. The van der Waals surface area contributed by atoms with Gasteiger partial charge < -0.3 is 5.32 Å². The Balaban J connectivity index is 2.17. The van der Waals surface area contributed by atoms with Crippen LogP contribution in [0, 0.1) is 26.7 Å². The Morgan fingerprint density at radius 2 is 1.89 bits per heavy atom. The summed E-state index contributed by atoms with van der Waals surface area (Å²) in [5, 5.41) is 3.35. The molecule has 18 heavy (non-hydrogen) atoms. The molecule has 2 heteroatoms. The number of benzene rings is 1. The fourth-order valence-corrected chi connectivity index (χ4v) is 3.09. The first-order valence-corrected chi connectivity index (χ1v) is 6.82. The van der Waals surface area contributed by atoms with Gasteiger partial charge in [0, 0.05) is 18.4 Å². The summed E-state index contributed by atoms with van der Waals surface area (Å²) in [6.45, 7) is 9.42. The number of Topliss-reactive ketones (excluding diaryl/α,β-unsaturated/α-hetero) is 1. The quantitative estimate of drug-likeness (QED) is 0.887. The minimum Gasteiger partial charge on any atom is -0.314 e. The molecule has 0 radical (unpaired) electrons. The van der Waals surface area contributed by atoms with E-state index in [0.29, 0.717) is 18.2 Å². The summed E-state index contributed by atoms with van der Waals surface area (Å²) in [5.41, 5.74) is 5.00. The lowest BCUT2D eigenvalue weighted by Gasteiger charge is -2.16. The second-order valence-corrected chi connectivity index (χ2v) is 5.66. The van der Waals surface area contributed by atoms with Crippen molar-refractivity contribution in [3.63, 3.8) is 0 Å². The van der Waals surface area contributed by atoms with E-state index in [1.165, 1.54) is 22.3 Å². The van der Waals surface area contributed by atoms with Gasteiger partial charge in [0.1, 0.15) is 5.78 Å². The lowest BCUT2D eigenvalue weighted by atomic mass is 9.89. The van der Waals surface area contributed by atoms with Gasteiger partial charge in [-0.15, -0.1) is 0 Å². The highest BCUT2D eigenvalue weighted by atomic mass is 16.1. The van der Waals surface area contributed by atoms with Crippen LogP contribution < -0.4 is 5.32 Å². The van der Waals surface area contributed by atoms with Gasteiger partial charge in [-0.2, -0.15) is 0 Å². The molecule has 98 valence electrons. The van der Waals surface area contributed by atoms with Crippen LogP contribution in [0.3, 0.4) is 0 Å². The molecule has 0 aromatic heterocycles. The molecule has 0 aliphatic carbocycles. The molecule has 1 heterocycles. The number of aryl methyl sites for hydroxylation is 3. The summed E-state index contributed by atoms with van der Waals surface area (Å²) in [4.78, 5) is 12.4. The average Bonchev–Trinajstić information content (AvgIpc) is 2.69. The summed E-state index contributed by atoms with van der Waals surface area (Å²) in [6.07, 6.45) is 1.58. The van der Waals surface area contributed by atoms with Gasteiger partial charge in [0.15, 0.2) is 0 Å². The van der Waals surface area contributed by atoms with Gasteiger partial charge in [-0.25, -0.2) is 0 Å². The van der Waals surface area contributed by atoms with Gasteiger partial charge in [-0.3, -0.25) is 4.79 Å². The molecule has 1 N–H and O–H groups in total. The third-order valence-electron chi connectivity index (χ3n) is 4.13. The number of nitrogens with one attached hydrogen (secondary N) is 1. The standard InChI is InChI=1S/C16H23NO/c1-10-7-11(2)15(12(3)8-10)9-16(18)14-5-6-17-13(14)4/h7-8,13-14,17H,5-6,9H2,1-4H3. The molecule has 2 rings (SSSR count). The van der Waals surface area contributed by atoms with Gasteiger partial charge in [0.05, 0.1) is 0 Å². The molecule has 0 bridgehead atoms. The fraction of sp³-hybridized carbons (Fsp3) is 0.562. The van der Waals surface area contributed by atoms with Crippen LogP contribution in [0.4, 0.5) is 0 Å². The minimum atomic E-state index is 0.199. The number of hydrogen-bond acceptors (Lipinski definition) is 2. The highest BCUT2D eigenvalue weighted by Gasteiger charge is 2.29. The van der Waals surface area contributed by atoms with Crippen LogP contribution in [0.15, 0.2) is 12.1 Å². The van der Waals surface area contributed by atoms with Crippen LogP contribution in [0.1, 0.15) is 35.6 Å². The molecule has 1 aliphatic heterocycles. The van der Waals surface area contributed by atoms with Gasteiger partial charge in [-0.1, -0.05) is 17.7 Å². The molecular formula is C16H23NO. The maximum Gasteiger partial charge on any atom is 0.141 e. The van der Waals surface area contributed by atoms with E-state index in [0.717, 1.165) is 13.0 Å². The molecule has 2 atom stereocenters. The highest BCUT2D eigenvalue weighted by Crippen LogP contribution is 2.22. The predicted molar refractivity (Wildman–Crippen MR) is 74.9 cm³/mol. The largest absolute Gasteiger partial charge is 0.314 e. The van der Waals surface area contributed by atoms with Gasteiger partial charge in [0.2, 0.25) is 0 Å². The van der Waals surface area contributed by atoms with Crippen LogP contribution in [0.25, 0.3) is 0 Å². The molecule has 0 spiro atoms. The molecule has 2 nitrogen and oxygen atoms in total. The first-order chi connectivity index (χ1) is 8.49. The number of hydrogen-bond donors (Lipinski definition) is 1. The maximum absolute atomic E-state index is 12.4. The van der Waals surface area contributed by atoms with E-state index in [4.69, 9.17) is 0 Å². The van der Waals surface area contributed by atoms with Gasteiger partial charge in [0.25, 0.3) is 0 Å². The summed E-state index contributed by atoms with van der Waals surface area (Å²) in [7, 11) is 0. The second-order valence-electron chi connectivity index (χ2n) is 5.66. The van der Waals surface area contributed by atoms with Crippen LogP contribution >= 0.6 is 0 Å². The molecule has 1 aromatic carbocycles. The monoisotopic (exact) mass is 245 g/mol. The van der Waals surface area contributed by atoms with E-state index >= 15 is 0 Å². The minimum absolute atomic E-state index is 0.199. The summed E-state index contributed by atoms with van der Waals surface area (Å²) in [5.74, 6) is 0.590. The van der Waals surface area contributed by atoms with Crippen molar-refractivity contribution in [2.75, 3.05) is 6.54 Å². The molecular weight excluding hydrogens is 222 g/mol. The van der Waals surface area contributed by atoms with Gasteiger partial charge >= 0.3 is 0 Å². The number of ketones is 1. The Hall–Kier alpha value is -1.15. The Kier molecular flexibility index (Phi) is 3.86. The van der Waals surface area contributed by atoms with Crippen molar-refractivity contribution in [3.8, 4) is 0 Å². The SMILES string of the molecule is Cc1cc(C)c(CC(=O)C2CCNC2C)c(C)c1. The smallest absolute Gasteiger partial charge is 0.141 e. The third-order valence-corrected chi connectivity index (χ3v) is 4.13. The van der Waals surface area contributed by atoms with Crippen LogP contribution in [0.2, 0.25) is 0 Å². The summed E-state index contributed by atoms with van der Waals surface area (Å²) < 4.78 is 0. The zero-order valence-electron chi connectivity index (χ0n) is 11.8. The van der Waals surface area contributed by atoms with E-state index in [-0.39, 0.29) is 5.92 Å². The van der Waals surface area contributed by atoms with Crippen molar-refractivity contribution in [2.45, 2.75) is 46.6 Å². The molecule has 1 fully saturated rings. The summed E-state index contributed by atoms with van der Waals surface area (Å²) >= 11 is 0. The Morgan fingerprint density at radius 1 is 1.28 bits per heavy atom. The number of carbonyl (C=O) groups is 1. The van der Waals surface area contributed by atoms with Crippen molar-refractivity contribution in [2.24, 2.45) is 5.92 Å². The Morgan fingerprint density at radius 3 is 2.39 bits per heavy atom. The van der Waals surface area contributed by atoms with Crippen LogP contribution in [-0.2, 0) is 11.2 Å². The fourth-order valence-electron chi connectivity index (χ4n) is 3.09. The molecule has 1 aliphatic rings. The predicted octanol–water partition coefficient (Wildman–Crippen LogP) is 2.72. The first kappa shape index (κ1) is 13.3. The lowest BCUT2D eigenvalue weighted by molar-refractivity contribution is -0.122. The van der Waals surface area contributed by atoms with Crippen molar-refractivity contribution >= 4 is 5.78 Å². The molecule has 0 amide bonds. The number of rotatable bonds is 3. The van der Waals surface area contributed by atoms with E-state index in [1.807, 2.05) is 0 Å². The highest BCUT2D eigenvalue weighted by molar-refractivity contribution is 5.84. The van der Waals surface area contributed by atoms with E-state index in [1.54, 1.807) is 0 Å². The number of carbonyl (C=O) groups excluding carboxylic acids is 1. The lowest BCUT2D eigenvalue weighted by Crippen LogP contribution is -2.29. The normalized spacial score (nSPS) is 23.3. The van der Waals surface area contributed by atoms with E-state index in [9.17, 15) is 4.79 Å². The zero-order chi connectivity index (χ0) is 13.3. The van der Waals surface area contributed by atoms with Gasteiger partial charge in [-0.05, 0) is 57.4 Å². The van der Waals surface area contributed by atoms with Crippen molar-refractivity contribution in [1.82, 2.24) is 5.32 Å². The van der Waals surface area contributed by atoms with Crippen LogP contribution in [0.5, 0.6) is 0 Å². The van der Waals surface area contributed by atoms with Crippen molar-refractivity contribution in [3.05, 3.63) is 34.4 Å². The van der Waals surface area contributed by atoms with Crippen molar-refractivity contribution < 1.29 is 4.79 Å². The third kappa shape index (κ3) is 2.64. The molecule has 1 saturated heterocycles. The topological polar surface area (TPSA) is 29.1 Å². The van der Waals surface area contributed by atoms with Crippen LogP contribution in [-0.4, -0.2) is 18.4 Å². The molecule has 1 aromatic rings. The van der Waals surface area contributed by atoms with E-state index < -0.39 is 0 Å². The van der Waals surface area contributed by atoms with E-state index in [2.05, 4.69) is 45.1 Å². The first-order valence-electron chi connectivity index (χ1n) is 6.82. The average molecular weight is 245 g/mol. The Labute approximate surface area is 110 Å². The van der Waals surface area contributed by atoms with Crippen molar-refractivity contribution in [1.29, 1.82) is 0 Å². The Bertz CT molecular complexity index is 441. The zero-order valence-corrected chi connectivity index (χ0v) is 11.8. The molecule has 0 saturated carbocycles. The summed E-state index contributed by atoms with van der Waals surface area (Å²) in [6, 6.07) is 4.68.